The third-order valence-electron chi connectivity index (χ3n) is 2.76. The average molecular weight is 308 g/mol. The fourth-order valence-electron chi connectivity index (χ4n) is 1.74. The molecule has 0 unspecified atom stereocenters. The van der Waals surface area contributed by atoms with Crippen LogP contribution in [-0.4, -0.2) is 5.91 Å². The van der Waals surface area contributed by atoms with Gasteiger partial charge in [-0.2, -0.15) is 0 Å². The van der Waals surface area contributed by atoms with E-state index < -0.39 is 0 Å². The highest BCUT2D eigenvalue weighted by atomic mass is 79.9. The molecule has 0 fully saturated rings. The highest BCUT2D eigenvalue weighted by Crippen LogP contribution is 2.22. The van der Waals surface area contributed by atoms with Crippen molar-refractivity contribution >= 4 is 27.5 Å². The minimum absolute atomic E-state index is 0.137. The van der Waals surface area contributed by atoms with Crippen molar-refractivity contribution in [1.82, 2.24) is 0 Å². The van der Waals surface area contributed by atoms with E-state index in [4.69, 9.17) is 4.42 Å². The Morgan fingerprint density at radius 2 is 2.17 bits per heavy atom. The molecule has 0 spiro atoms. The van der Waals surface area contributed by atoms with Crippen molar-refractivity contribution in [2.45, 2.75) is 20.3 Å². The number of anilines is 1. The van der Waals surface area contributed by atoms with E-state index in [1.54, 1.807) is 12.3 Å². The topological polar surface area (TPSA) is 42.2 Å². The maximum atomic E-state index is 12.1. The summed E-state index contributed by atoms with van der Waals surface area (Å²) in [5.74, 6) is 0.571. The number of halogens is 1. The second-order valence-corrected chi connectivity index (χ2v) is 4.94. The molecule has 0 aliphatic heterocycles. The number of furan rings is 1. The lowest BCUT2D eigenvalue weighted by atomic mass is 10.1. The number of hydrogen-bond acceptors (Lipinski definition) is 2. The first-order chi connectivity index (χ1) is 8.61. The lowest BCUT2D eigenvalue weighted by Crippen LogP contribution is -2.13. The fourth-order valence-corrected chi connectivity index (χ4v) is 2.10. The van der Waals surface area contributed by atoms with Gasteiger partial charge in [0.15, 0.2) is 0 Å². The highest BCUT2D eigenvalue weighted by molar-refractivity contribution is 9.10. The average Bonchev–Trinajstić information content (AvgIpc) is 2.82. The summed E-state index contributed by atoms with van der Waals surface area (Å²) in [6.07, 6.45) is 2.24. The van der Waals surface area contributed by atoms with Crippen LogP contribution in [0.5, 0.6) is 0 Å². The number of nitrogens with one attached hydrogen (secondary N) is 1. The normalized spacial score (nSPS) is 10.4. The van der Waals surface area contributed by atoms with Crippen LogP contribution in [0.2, 0.25) is 0 Å². The molecule has 2 rings (SSSR count). The smallest absolute Gasteiger partial charge is 0.259 e. The Hall–Kier alpha value is -1.55. The zero-order valence-electron chi connectivity index (χ0n) is 10.3. The maximum absolute atomic E-state index is 12.1. The van der Waals surface area contributed by atoms with Crippen molar-refractivity contribution in [2.24, 2.45) is 0 Å². The SMILES string of the molecule is CCc1occc1C(=O)Nc1cc(Br)ccc1C. The molecule has 1 heterocycles. The molecular formula is C14H14BrNO2. The van der Waals surface area contributed by atoms with E-state index in [1.807, 2.05) is 32.0 Å². The Bertz CT molecular complexity index is 575. The monoisotopic (exact) mass is 307 g/mol. The summed E-state index contributed by atoms with van der Waals surface area (Å²) < 4.78 is 6.19. The molecule has 0 aliphatic carbocycles. The standard InChI is InChI=1S/C14H14BrNO2/c1-3-13-11(6-7-18-13)14(17)16-12-8-10(15)5-4-9(12)2/h4-8H,3H2,1-2H3,(H,16,17). The van der Waals surface area contributed by atoms with Gasteiger partial charge in [0.1, 0.15) is 5.76 Å². The van der Waals surface area contributed by atoms with Gasteiger partial charge in [-0.15, -0.1) is 0 Å². The van der Waals surface area contributed by atoms with Crippen LogP contribution in [0.1, 0.15) is 28.6 Å². The number of carbonyl (C=O) groups is 1. The van der Waals surface area contributed by atoms with Crippen molar-refractivity contribution in [3.05, 3.63) is 51.9 Å². The van der Waals surface area contributed by atoms with Crippen molar-refractivity contribution in [3.63, 3.8) is 0 Å². The molecule has 3 nitrogen and oxygen atoms in total. The molecule has 0 bridgehead atoms. The first-order valence-electron chi connectivity index (χ1n) is 5.75. The van der Waals surface area contributed by atoms with Gasteiger partial charge < -0.3 is 9.73 Å². The van der Waals surface area contributed by atoms with Crippen LogP contribution in [-0.2, 0) is 6.42 Å². The minimum Gasteiger partial charge on any atom is -0.469 e. The molecule has 1 amide bonds. The molecule has 2 aromatic rings. The van der Waals surface area contributed by atoms with Gasteiger partial charge >= 0.3 is 0 Å². The van der Waals surface area contributed by atoms with Crippen molar-refractivity contribution < 1.29 is 9.21 Å². The molecule has 1 aromatic carbocycles. The second-order valence-electron chi connectivity index (χ2n) is 4.02. The lowest BCUT2D eigenvalue weighted by Gasteiger charge is -2.08. The zero-order valence-corrected chi connectivity index (χ0v) is 11.9. The first-order valence-corrected chi connectivity index (χ1v) is 6.55. The Kier molecular flexibility index (Phi) is 3.87. The molecule has 0 aliphatic rings. The molecule has 1 N–H and O–H groups in total. The quantitative estimate of drug-likeness (QED) is 0.925. The first kappa shape index (κ1) is 12.9. The maximum Gasteiger partial charge on any atom is 0.259 e. The summed E-state index contributed by atoms with van der Waals surface area (Å²) >= 11 is 3.39. The Labute approximate surface area is 114 Å². The largest absolute Gasteiger partial charge is 0.469 e. The number of hydrogen-bond donors (Lipinski definition) is 1. The minimum atomic E-state index is -0.137. The van der Waals surface area contributed by atoms with E-state index in [0.717, 1.165) is 15.7 Å². The molecule has 0 saturated carbocycles. The molecule has 4 heteroatoms. The number of benzene rings is 1. The van der Waals surface area contributed by atoms with Crippen LogP contribution in [0, 0.1) is 6.92 Å². The van der Waals surface area contributed by atoms with Gasteiger partial charge in [-0.1, -0.05) is 28.9 Å². The Morgan fingerprint density at radius 1 is 1.39 bits per heavy atom. The molecule has 0 radical (unpaired) electrons. The Morgan fingerprint density at radius 3 is 2.89 bits per heavy atom. The summed E-state index contributed by atoms with van der Waals surface area (Å²) in [6.45, 7) is 3.91. The third-order valence-corrected chi connectivity index (χ3v) is 3.25. The number of carbonyl (C=O) groups excluding carboxylic acids is 1. The molecule has 1 aromatic heterocycles. The van der Waals surface area contributed by atoms with Crippen LogP contribution in [0.3, 0.4) is 0 Å². The predicted octanol–water partition coefficient (Wildman–Crippen LogP) is 4.17. The van der Waals surface area contributed by atoms with Crippen LogP contribution in [0.15, 0.2) is 39.4 Å². The molecule has 0 atom stereocenters. The van der Waals surface area contributed by atoms with E-state index in [1.165, 1.54) is 0 Å². The van der Waals surface area contributed by atoms with Crippen molar-refractivity contribution in [1.29, 1.82) is 0 Å². The summed E-state index contributed by atoms with van der Waals surface area (Å²) in [7, 11) is 0. The fraction of sp³-hybridized carbons (Fsp3) is 0.214. The Balaban J connectivity index is 2.24. The van der Waals surface area contributed by atoms with Crippen LogP contribution in [0.25, 0.3) is 0 Å². The number of aryl methyl sites for hydroxylation is 2. The van der Waals surface area contributed by atoms with Gasteiger partial charge in [0.25, 0.3) is 5.91 Å². The van der Waals surface area contributed by atoms with Gasteiger partial charge in [-0.05, 0) is 30.7 Å². The predicted molar refractivity (Wildman–Crippen MR) is 74.9 cm³/mol. The second kappa shape index (κ2) is 5.40. The lowest BCUT2D eigenvalue weighted by molar-refractivity contribution is 0.102. The molecule has 0 saturated heterocycles. The summed E-state index contributed by atoms with van der Waals surface area (Å²) in [6, 6.07) is 7.48. The third kappa shape index (κ3) is 2.64. The highest BCUT2D eigenvalue weighted by Gasteiger charge is 2.14. The van der Waals surface area contributed by atoms with Crippen LogP contribution in [0.4, 0.5) is 5.69 Å². The van der Waals surface area contributed by atoms with Crippen LogP contribution < -0.4 is 5.32 Å². The van der Waals surface area contributed by atoms with Gasteiger partial charge in [0.05, 0.1) is 11.8 Å². The summed E-state index contributed by atoms with van der Waals surface area (Å²) in [5.41, 5.74) is 2.42. The van der Waals surface area contributed by atoms with Crippen molar-refractivity contribution in [3.8, 4) is 0 Å². The van der Waals surface area contributed by atoms with Gasteiger partial charge in [0, 0.05) is 16.6 Å². The van der Waals surface area contributed by atoms with Crippen LogP contribution >= 0.6 is 15.9 Å². The van der Waals surface area contributed by atoms with Gasteiger partial charge in [0.2, 0.25) is 0 Å². The van der Waals surface area contributed by atoms with E-state index >= 15 is 0 Å². The molecule has 94 valence electrons. The summed E-state index contributed by atoms with van der Waals surface area (Å²) in [5, 5.41) is 2.90. The van der Waals surface area contributed by atoms with E-state index in [0.29, 0.717) is 17.7 Å². The molecular weight excluding hydrogens is 294 g/mol. The van der Waals surface area contributed by atoms with Gasteiger partial charge in [-0.3, -0.25) is 4.79 Å². The van der Waals surface area contributed by atoms with Gasteiger partial charge in [-0.25, -0.2) is 0 Å². The zero-order chi connectivity index (χ0) is 13.1. The van der Waals surface area contributed by atoms with E-state index in [-0.39, 0.29) is 5.91 Å². The van der Waals surface area contributed by atoms with E-state index in [2.05, 4.69) is 21.2 Å². The summed E-state index contributed by atoms with van der Waals surface area (Å²) in [4.78, 5) is 12.1. The van der Waals surface area contributed by atoms with E-state index in [9.17, 15) is 4.79 Å². The molecule has 18 heavy (non-hydrogen) atoms. The number of rotatable bonds is 3. The van der Waals surface area contributed by atoms with Crippen molar-refractivity contribution in [2.75, 3.05) is 5.32 Å². The number of amides is 1.